The number of nitrogens with two attached hydrogens (primary N) is 1. The average molecular weight is 518 g/mol. The van der Waals surface area contributed by atoms with Crippen molar-refractivity contribution in [2.45, 2.75) is 38.9 Å². The first-order valence-electron chi connectivity index (χ1n) is 8.83. The molecule has 0 aliphatic rings. The number of aliphatic hydroxyl groups excluding tert-OH is 1. The number of ether oxygens (including phenoxy) is 2. The van der Waals surface area contributed by atoms with Gasteiger partial charge in [0.2, 0.25) is 0 Å². The molecule has 5 nitrogen and oxygen atoms in total. The second-order valence-corrected chi connectivity index (χ2v) is 9.36. The van der Waals surface area contributed by atoms with Gasteiger partial charge in [-0.1, -0.05) is 44.5 Å². The van der Waals surface area contributed by atoms with Crippen molar-refractivity contribution in [2.24, 2.45) is 11.1 Å². The summed E-state index contributed by atoms with van der Waals surface area (Å²) in [6.45, 7) is 5.80. The molecule has 0 heterocycles. The highest BCUT2D eigenvalue weighted by molar-refractivity contribution is 14.1. The van der Waals surface area contributed by atoms with Crippen molar-refractivity contribution >= 4 is 40.3 Å². The molecule has 152 valence electrons. The van der Waals surface area contributed by atoms with Crippen LogP contribution < -0.4 is 10.5 Å². The van der Waals surface area contributed by atoms with E-state index in [-0.39, 0.29) is 13.0 Å². The largest absolute Gasteiger partial charge is 0.489 e. The predicted molar refractivity (Wildman–Crippen MR) is 119 cm³/mol. The van der Waals surface area contributed by atoms with Gasteiger partial charge in [-0.3, -0.25) is 0 Å². The summed E-state index contributed by atoms with van der Waals surface area (Å²) in [5.74, 6) is 0.642. The molecule has 0 bridgehead atoms. The Bertz CT molecular complexity index is 790. The van der Waals surface area contributed by atoms with E-state index in [9.17, 15) is 9.90 Å². The molecule has 0 radical (unpaired) electrons. The predicted octanol–water partition coefficient (Wildman–Crippen LogP) is 5.33. The number of amides is 1. The summed E-state index contributed by atoms with van der Waals surface area (Å²) < 4.78 is 12.6. The van der Waals surface area contributed by atoms with E-state index in [4.69, 9.17) is 26.8 Å². The Hall–Kier alpha value is -1.51. The summed E-state index contributed by atoms with van der Waals surface area (Å²) in [6.07, 6.45) is -1.69. The van der Waals surface area contributed by atoms with Gasteiger partial charge in [-0.15, -0.1) is 0 Å². The highest BCUT2D eigenvalue weighted by atomic mass is 127. The van der Waals surface area contributed by atoms with Crippen LogP contribution in [0.5, 0.6) is 5.75 Å². The fourth-order valence-corrected chi connectivity index (χ4v) is 3.33. The molecule has 3 N–H and O–H groups in total. The second kappa shape index (κ2) is 9.33. The Morgan fingerprint density at radius 2 is 1.71 bits per heavy atom. The maximum absolute atomic E-state index is 11.7. The Kier molecular flexibility index (Phi) is 7.59. The first kappa shape index (κ1) is 22.8. The van der Waals surface area contributed by atoms with E-state index in [1.165, 1.54) is 0 Å². The number of hydrogen-bond donors (Lipinski definition) is 2. The second-order valence-electron chi connectivity index (χ2n) is 7.68. The first-order chi connectivity index (χ1) is 13.0. The van der Waals surface area contributed by atoms with Gasteiger partial charge in [0, 0.05) is 20.4 Å². The van der Waals surface area contributed by atoms with Gasteiger partial charge in [-0.25, -0.2) is 4.79 Å². The van der Waals surface area contributed by atoms with Crippen molar-refractivity contribution in [2.75, 3.05) is 6.61 Å². The van der Waals surface area contributed by atoms with E-state index in [2.05, 4.69) is 22.6 Å². The monoisotopic (exact) mass is 517 g/mol. The van der Waals surface area contributed by atoms with E-state index in [0.717, 1.165) is 3.57 Å². The van der Waals surface area contributed by atoms with E-state index >= 15 is 0 Å². The molecule has 1 amide bonds. The minimum absolute atomic E-state index is 0.0463. The summed E-state index contributed by atoms with van der Waals surface area (Å²) in [5.41, 5.74) is 4.34. The minimum atomic E-state index is -1.15. The number of primary amides is 1. The summed E-state index contributed by atoms with van der Waals surface area (Å²) in [5, 5.41) is 11.4. The lowest BCUT2D eigenvalue weighted by Crippen LogP contribution is -2.53. The van der Waals surface area contributed by atoms with Crippen LogP contribution in [0.15, 0.2) is 48.5 Å². The smallest absolute Gasteiger partial charge is 0.405 e. The molecule has 2 aromatic rings. The highest BCUT2D eigenvalue weighted by Gasteiger charge is 2.48. The zero-order valence-electron chi connectivity index (χ0n) is 16.1. The van der Waals surface area contributed by atoms with E-state index in [0.29, 0.717) is 16.3 Å². The van der Waals surface area contributed by atoms with Crippen molar-refractivity contribution in [3.05, 3.63) is 62.7 Å². The Balaban J connectivity index is 2.31. The maximum atomic E-state index is 11.7. The normalized spacial score (nSPS) is 14.8. The summed E-state index contributed by atoms with van der Waals surface area (Å²) >= 11 is 8.14. The van der Waals surface area contributed by atoms with E-state index in [1.54, 1.807) is 24.3 Å². The molecule has 2 rings (SSSR count). The molecular formula is C21H25ClINO4. The molecule has 1 unspecified atom stereocenters. The number of rotatable bonds is 7. The maximum Gasteiger partial charge on any atom is 0.405 e. The fourth-order valence-electron chi connectivity index (χ4n) is 2.84. The van der Waals surface area contributed by atoms with Crippen molar-refractivity contribution in [3.8, 4) is 5.75 Å². The lowest BCUT2D eigenvalue weighted by Gasteiger charge is -2.44. The van der Waals surface area contributed by atoms with Crippen LogP contribution in [0.25, 0.3) is 0 Å². The molecule has 0 aromatic heterocycles. The number of halogens is 2. The lowest BCUT2D eigenvalue weighted by molar-refractivity contribution is -0.116. The van der Waals surface area contributed by atoms with Crippen LogP contribution in [0.4, 0.5) is 4.79 Å². The zero-order valence-corrected chi connectivity index (χ0v) is 19.0. The lowest BCUT2D eigenvalue weighted by atomic mass is 9.72. The molecular weight excluding hydrogens is 493 g/mol. The molecule has 2 atom stereocenters. The van der Waals surface area contributed by atoms with Gasteiger partial charge in [0.25, 0.3) is 0 Å². The van der Waals surface area contributed by atoms with Gasteiger partial charge in [-0.05, 0) is 64.6 Å². The Labute approximate surface area is 184 Å². The van der Waals surface area contributed by atoms with Crippen LogP contribution in [0.2, 0.25) is 5.02 Å². The zero-order chi connectivity index (χ0) is 20.9. The number of hydrogen-bond acceptors (Lipinski definition) is 4. The number of carbonyl (C=O) groups is 1. The van der Waals surface area contributed by atoms with Gasteiger partial charge in [0.05, 0.1) is 6.10 Å². The highest BCUT2D eigenvalue weighted by Crippen LogP contribution is 2.41. The number of aliphatic hydroxyl groups is 1. The van der Waals surface area contributed by atoms with Crippen molar-refractivity contribution < 1.29 is 19.4 Å². The van der Waals surface area contributed by atoms with E-state index in [1.807, 2.05) is 45.0 Å². The summed E-state index contributed by atoms with van der Waals surface area (Å²) in [7, 11) is 0. The summed E-state index contributed by atoms with van der Waals surface area (Å²) in [6, 6.07) is 14.4. The topological polar surface area (TPSA) is 81.8 Å². The molecule has 7 heteroatoms. The van der Waals surface area contributed by atoms with Crippen LogP contribution in [0.3, 0.4) is 0 Å². The Morgan fingerprint density at radius 1 is 1.14 bits per heavy atom. The van der Waals surface area contributed by atoms with Gasteiger partial charge < -0.3 is 20.3 Å². The Morgan fingerprint density at radius 3 is 2.21 bits per heavy atom. The SMILES string of the molecule is CC(C)(C)C(COc1ccc(I)cc1)(C[C@@H](O)c1ccc(Cl)cc1)OC(N)=O. The number of benzene rings is 2. The van der Waals surface area contributed by atoms with Crippen LogP contribution in [-0.4, -0.2) is 23.4 Å². The van der Waals surface area contributed by atoms with Crippen LogP contribution in [-0.2, 0) is 4.74 Å². The minimum Gasteiger partial charge on any atom is -0.489 e. The molecule has 0 fully saturated rings. The van der Waals surface area contributed by atoms with Gasteiger partial charge in [0.15, 0.2) is 5.60 Å². The summed E-state index contributed by atoms with van der Waals surface area (Å²) in [4.78, 5) is 11.7. The van der Waals surface area contributed by atoms with Crippen LogP contribution in [0, 0.1) is 8.99 Å². The van der Waals surface area contributed by atoms with E-state index < -0.39 is 23.2 Å². The van der Waals surface area contributed by atoms with Crippen molar-refractivity contribution in [1.29, 1.82) is 0 Å². The fraction of sp³-hybridized carbons (Fsp3) is 0.381. The van der Waals surface area contributed by atoms with Gasteiger partial charge in [-0.2, -0.15) is 0 Å². The molecule has 0 saturated carbocycles. The standard InChI is InChI=1S/C21H25ClINO4/c1-20(2,3)21(28-19(24)26,13-27-17-10-8-16(23)9-11-17)12-18(25)14-4-6-15(22)7-5-14/h4-11,18,25H,12-13H2,1-3H3,(H2,24,26)/t18-,21?/m1/s1. The first-order valence-corrected chi connectivity index (χ1v) is 10.3. The molecule has 28 heavy (non-hydrogen) atoms. The van der Waals surface area contributed by atoms with Crippen LogP contribution in [0.1, 0.15) is 38.9 Å². The molecule has 2 aromatic carbocycles. The third-order valence-corrected chi connectivity index (χ3v) is 5.70. The third kappa shape index (κ3) is 5.99. The molecule has 0 aliphatic carbocycles. The molecule has 0 saturated heterocycles. The van der Waals surface area contributed by atoms with Crippen molar-refractivity contribution in [3.63, 3.8) is 0 Å². The third-order valence-electron chi connectivity index (χ3n) is 4.73. The van der Waals surface area contributed by atoms with Gasteiger partial charge >= 0.3 is 6.09 Å². The quantitative estimate of drug-likeness (QED) is 0.487. The van der Waals surface area contributed by atoms with Crippen molar-refractivity contribution in [1.82, 2.24) is 0 Å². The van der Waals surface area contributed by atoms with Gasteiger partial charge in [0.1, 0.15) is 12.4 Å². The molecule has 0 aliphatic heterocycles. The number of carbonyl (C=O) groups excluding carboxylic acids is 1. The van der Waals surface area contributed by atoms with Crippen LogP contribution >= 0.6 is 34.2 Å². The average Bonchev–Trinajstić information content (AvgIpc) is 2.60. The molecule has 0 spiro atoms.